The molecule has 0 spiro atoms. The summed E-state index contributed by atoms with van der Waals surface area (Å²) >= 11 is 0. The Morgan fingerprint density at radius 3 is 2.90 bits per heavy atom. The van der Waals surface area contributed by atoms with Gasteiger partial charge >= 0.3 is 5.69 Å². The number of para-hydroxylation sites is 1. The normalized spacial score (nSPS) is 10.7. The Hall–Kier alpha value is -2.25. The molecule has 1 aromatic carbocycles. The van der Waals surface area contributed by atoms with Gasteiger partial charge in [-0.05, 0) is 12.5 Å². The number of hydrogen-bond donors (Lipinski definition) is 2. The number of pyridine rings is 1. The van der Waals surface area contributed by atoms with Crippen LogP contribution >= 0.6 is 0 Å². The highest BCUT2D eigenvalue weighted by Gasteiger charge is 2.17. The Balaban J connectivity index is 2.12. The summed E-state index contributed by atoms with van der Waals surface area (Å²) in [5, 5.41) is 23.5. The van der Waals surface area contributed by atoms with E-state index in [4.69, 9.17) is 9.84 Å². The van der Waals surface area contributed by atoms with E-state index in [0.29, 0.717) is 42.8 Å². The lowest BCUT2D eigenvalue weighted by atomic mass is 10.1. The van der Waals surface area contributed by atoms with Crippen LogP contribution in [0.2, 0.25) is 0 Å². The van der Waals surface area contributed by atoms with Crippen LogP contribution in [0.1, 0.15) is 6.42 Å². The maximum atomic E-state index is 11.1. The highest BCUT2D eigenvalue weighted by atomic mass is 16.6. The number of nitro groups is 1. The number of nitrogens with zero attached hydrogens (tertiary/aromatic N) is 2. The summed E-state index contributed by atoms with van der Waals surface area (Å²) in [7, 11) is 0. The number of aliphatic hydroxyl groups excluding tert-OH is 1. The Kier molecular flexibility index (Phi) is 5.42. The second-order valence-corrected chi connectivity index (χ2v) is 4.41. The van der Waals surface area contributed by atoms with Crippen LogP contribution in [0, 0.1) is 10.1 Å². The lowest BCUT2D eigenvalue weighted by molar-refractivity contribution is -0.384. The van der Waals surface area contributed by atoms with Crippen molar-refractivity contribution in [2.75, 3.05) is 31.7 Å². The molecule has 0 radical (unpaired) electrons. The molecule has 7 heteroatoms. The van der Waals surface area contributed by atoms with E-state index in [2.05, 4.69) is 10.3 Å². The molecule has 0 atom stereocenters. The van der Waals surface area contributed by atoms with Crippen LogP contribution in [-0.4, -0.2) is 41.4 Å². The maximum Gasteiger partial charge on any atom is 0.311 e. The third-order valence-corrected chi connectivity index (χ3v) is 2.95. The summed E-state index contributed by atoms with van der Waals surface area (Å²) < 4.78 is 5.30. The van der Waals surface area contributed by atoms with Gasteiger partial charge in [0.15, 0.2) is 0 Å². The van der Waals surface area contributed by atoms with E-state index in [-0.39, 0.29) is 12.3 Å². The van der Waals surface area contributed by atoms with Crippen LogP contribution in [0.3, 0.4) is 0 Å². The zero-order chi connectivity index (χ0) is 15.1. The van der Waals surface area contributed by atoms with Crippen molar-refractivity contribution in [1.29, 1.82) is 0 Å². The largest absolute Gasteiger partial charge is 0.396 e. The fraction of sp³-hybridized carbons (Fsp3) is 0.357. The van der Waals surface area contributed by atoms with Crippen molar-refractivity contribution in [3.8, 4) is 0 Å². The SMILES string of the molecule is O=[N+]([O-])c1cnc2ccccc2c1NCCOCCCO. The van der Waals surface area contributed by atoms with Crippen molar-refractivity contribution in [3.63, 3.8) is 0 Å². The van der Waals surface area contributed by atoms with Crippen LogP contribution in [0.25, 0.3) is 10.9 Å². The second-order valence-electron chi connectivity index (χ2n) is 4.41. The van der Waals surface area contributed by atoms with E-state index < -0.39 is 4.92 Å². The zero-order valence-electron chi connectivity index (χ0n) is 11.5. The predicted octanol–water partition coefficient (Wildman–Crippen LogP) is 1.95. The highest BCUT2D eigenvalue weighted by molar-refractivity contribution is 5.95. The molecular weight excluding hydrogens is 274 g/mol. The van der Waals surface area contributed by atoms with Gasteiger partial charge in [0.05, 0.1) is 17.0 Å². The van der Waals surface area contributed by atoms with E-state index in [1.54, 1.807) is 6.07 Å². The van der Waals surface area contributed by atoms with Crippen LogP contribution in [0.4, 0.5) is 11.4 Å². The van der Waals surface area contributed by atoms with E-state index in [0.717, 1.165) is 0 Å². The van der Waals surface area contributed by atoms with Gasteiger partial charge in [0.2, 0.25) is 0 Å². The summed E-state index contributed by atoms with van der Waals surface area (Å²) in [6, 6.07) is 7.26. The number of aliphatic hydroxyl groups is 1. The molecule has 0 saturated carbocycles. The monoisotopic (exact) mass is 291 g/mol. The van der Waals surface area contributed by atoms with Gasteiger partial charge in [0, 0.05) is 25.1 Å². The maximum absolute atomic E-state index is 11.1. The quantitative estimate of drug-likeness (QED) is 0.438. The van der Waals surface area contributed by atoms with Crippen molar-refractivity contribution < 1.29 is 14.8 Å². The Morgan fingerprint density at radius 1 is 1.33 bits per heavy atom. The van der Waals surface area contributed by atoms with Crippen molar-refractivity contribution >= 4 is 22.3 Å². The number of aromatic nitrogens is 1. The van der Waals surface area contributed by atoms with Crippen LogP contribution in [-0.2, 0) is 4.74 Å². The Labute approximate surface area is 121 Å². The molecule has 1 aromatic heterocycles. The molecule has 0 amide bonds. The fourth-order valence-corrected chi connectivity index (χ4v) is 1.97. The first-order valence-electron chi connectivity index (χ1n) is 6.68. The minimum absolute atomic E-state index is 0.0518. The molecule has 0 aliphatic rings. The van der Waals surface area contributed by atoms with Crippen LogP contribution < -0.4 is 5.32 Å². The number of nitrogens with one attached hydrogen (secondary N) is 1. The molecule has 1 heterocycles. The second kappa shape index (κ2) is 7.51. The standard InChI is InChI=1S/C14H17N3O4/c18-7-3-8-21-9-6-15-14-11-4-1-2-5-12(11)16-10-13(14)17(19)20/h1-2,4-5,10,18H,3,6-9H2,(H,15,16). The third kappa shape index (κ3) is 3.87. The smallest absolute Gasteiger partial charge is 0.311 e. The van der Waals surface area contributed by atoms with E-state index in [1.807, 2.05) is 18.2 Å². The third-order valence-electron chi connectivity index (χ3n) is 2.95. The summed E-state index contributed by atoms with van der Waals surface area (Å²) in [6.07, 6.45) is 1.84. The zero-order valence-corrected chi connectivity index (χ0v) is 11.5. The van der Waals surface area contributed by atoms with Gasteiger partial charge in [-0.1, -0.05) is 18.2 Å². The molecule has 0 saturated heterocycles. The topological polar surface area (TPSA) is 97.5 Å². The first kappa shape index (κ1) is 15.1. The molecule has 7 nitrogen and oxygen atoms in total. The molecule has 0 unspecified atom stereocenters. The average molecular weight is 291 g/mol. The minimum Gasteiger partial charge on any atom is -0.396 e. The lowest BCUT2D eigenvalue weighted by Gasteiger charge is -2.10. The molecule has 21 heavy (non-hydrogen) atoms. The molecule has 2 rings (SSSR count). The van der Waals surface area contributed by atoms with Crippen molar-refractivity contribution in [2.24, 2.45) is 0 Å². The minimum atomic E-state index is -0.450. The predicted molar refractivity (Wildman–Crippen MR) is 79.4 cm³/mol. The molecular formula is C14H17N3O4. The van der Waals surface area contributed by atoms with Crippen molar-refractivity contribution in [3.05, 3.63) is 40.6 Å². The number of ether oxygens (including phenoxy) is 1. The lowest BCUT2D eigenvalue weighted by Crippen LogP contribution is -2.12. The van der Waals surface area contributed by atoms with Gasteiger partial charge in [-0.25, -0.2) is 4.98 Å². The summed E-state index contributed by atoms with van der Waals surface area (Å²) in [6.45, 7) is 1.42. The van der Waals surface area contributed by atoms with Crippen molar-refractivity contribution in [1.82, 2.24) is 4.98 Å². The summed E-state index contributed by atoms with van der Waals surface area (Å²) in [5.74, 6) is 0. The van der Waals surface area contributed by atoms with Crippen molar-refractivity contribution in [2.45, 2.75) is 6.42 Å². The Morgan fingerprint density at radius 2 is 2.14 bits per heavy atom. The molecule has 0 aliphatic carbocycles. The van der Waals surface area contributed by atoms with Gasteiger partial charge < -0.3 is 15.2 Å². The molecule has 112 valence electrons. The molecule has 0 aliphatic heterocycles. The van der Waals surface area contributed by atoms with E-state index >= 15 is 0 Å². The number of fused-ring (bicyclic) bond motifs is 1. The number of benzene rings is 1. The van der Waals surface area contributed by atoms with Gasteiger partial charge in [0.25, 0.3) is 0 Å². The molecule has 0 fully saturated rings. The molecule has 0 bridgehead atoms. The molecule has 2 N–H and O–H groups in total. The number of rotatable bonds is 8. The van der Waals surface area contributed by atoms with Gasteiger partial charge in [-0.2, -0.15) is 0 Å². The summed E-state index contributed by atoms with van der Waals surface area (Å²) in [4.78, 5) is 14.7. The highest BCUT2D eigenvalue weighted by Crippen LogP contribution is 2.30. The molecule has 2 aromatic rings. The van der Waals surface area contributed by atoms with Crippen LogP contribution in [0.15, 0.2) is 30.5 Å². The average Bonchev–Trinajstić information content (AvgIpc) is 2.50. The van der Waals surface area contributed by atoms with Gasteiger partial charge in [-0.3, -0.25) is 10.1 Å². The number of anilines is 1. The van der Waals surface area contributed by atoms with E-state index in [9.17, 15) is 10.1 Å². The summed E-state index contributed by atoms with van der Waals surface area (Å²) in [5.41, 5.74) is 1.10. The first-order valence-corrected chi connectivity index (χ1v) is 6.68. The number of hydrogen-bond acceptors (Lipinski definition) is 6. The fourth-order valence-electron chi connectivity index (χ4n) is 1.97. The van der Waals surface area contributed by atoms with E-state index in [1.165, 1.54) is 6.20 Å². The Bertz CT molecular complexity index is 618. The van der Waals surface area contributed by atoms with Crippen LogP contribution in [0.5, 0.6) is 0 Å². The first-order chi connectivity index (χ1) is 10.2. The van der Waals surface area contributed by atoms with Gasteiger partial charge in [-0.15, -0.1) is 0 Å². The van der Waals surface area contributed by atoms with Gasteiger partial charge in [0.1, 0.15) is 11.9 Å².